The summed E-state index contributed by atoms with van der Waals surface area (Å²) >= 11 is 0. The van der Waals surface area contributed by atoms with E-state index in [4.69, 9.17) is 20.6 Å². The van der Waals surface area contributed by atoms with E-state index in [0.29, 0.717) is 24.1 Å². The molecular weight excluding hydrogens is 254 g/mol. The molecule has 0 radical (unpaired) electrons. The number of benzene rings is 1. The minimum atomic E-state index is 0.235. The van der Waals surface area contributed by atoms with E-state index in [0.717, 1.165) is 31.6 Å². The summed E-state index contributed by atoms with van der Waals surface area (Å²) in [5.74, 6) is 3.90. The molecule has 1 saturated heterocycles. The van der Waals surface area contributed by atoms with Crippen LogP contribution in [0.1, 0.15) is 18.4 Å². The predicted molar refractivity (Wildman–Crippen MR) is 78.0 cm³/mol. The van der Waals surface area contributed by atoms with Crippen molar-refractivity contribution >= 4 is 0 Å². The lowest BCUT2D eigenvalue weighted by atomic mass is 10.1. The molecule has 4 nitrogen and oxygen atoms in total. The van der Waals surface area contributed by atoms with Crippen molar-refractivity contribution in [1.82, 2.24) is 5.32 Å². The zero-order valence-corrected chi connectivity index (χ0v) is 11.9. The van der Waals surface area contributed by atoms with Crippen LogP contribution in [0, 0.1) is 12.3 Å². The molecule has 1 heterocycles. The first kappa shape index (κ1) is 14.7. The van der Waals surface area contributed by atoms with Crippen LogP contribution in [-0.2, 0) is 11.3 Å². The number of para-hydroxylation sites is 1. The first-order chi connectivity index (χ1) is 9.85. The normalized spacial score (nSPS) is 17.7. The number of ether oxygens (including phenoxy) is 3. The van der Waals surface area contributed by atoms with Gasteiger partial charge in [0.25, 0.3) is 0 Å². The average Bonchev–Trinajstić information content (AvgIpc) is 2.98. The molecule has 2 rings (SSSR count). The highest BCUT2D eigenvalue weighted by Crippen LogP contribution is 2.31. The third-order valence-corrected chi connectivity index (χ3v) is 3.29. The fraction of sp³-hybridized carbons (Fsp3) is 0.500. The lowest BCUT2D eigenvalue weighted by Gasteiger charge is -2.15. The number of rotatable bonds is 7. The maximum atomic E-state index is 5.60. The summed E-state index contributed by atoms with van der Waals surface area (Å²) in [5.41, 5.74) is 1.04. The van der Waals surface area contributed by atoms with Crippen molar-refractivity contribution in [3.63, 3.8) is 0 Å². The van der Waals surface area contributed by atoms with E-state index in [2.05, 4.69) is 11.2 Å². The van der Waals surface area contributed by atoms with Crippen LogP contribution in [0.25, 0.3) is 0 Å². The zero-order valence-electron chi connectivity index (χ0n) is 11.9. The molecule has 0 unspecified atom stereocenters. The van der Waals surface area contributed by atoms with Gasteiger partial charge in [-0.05, 0) is 18.9 Å². The second kappa shape index (κ2) is 7.78. The Morgan fingerprint density at radius 2 is 2.40 bits per heavy atom. The van der Waals surface area contributed by atoms with Gasteiger partial charge in [-0.15, -0.1) is 6.42 Å². The largest absolute Gasteiger partial charge is 0.493 e. The molecule has 1 aromatic rings. The number of nitrogens with one attached hydrogen (secondary N) is 1. The minimum absolute atomic E-state index is 0.235. The van der Waals surface area contributed by atoms with Gasteiger partial charge in [0.2, 0.25) is 0 Å². The molecule has 0 amide bonds. The molecule has 1 aliphatic heterocycles. The van der Waals surface area contributed by atoms with Gasteiger partial charge in [-0.25, -0.2) is 0 Å². The Hall–Kier alpha value is -1.70. The van der Waals surface area contributed by atoms with Crippen LogP contribution < -0.4 is 14.8 Å². The summed E-state index contributed by atoms with van der Waals surface area (Å²) in [6.45, 7) is 2.67. The fourth-order valence-corrected chi connectivity index (χ4v) is 2.31. The summed E-state index contributed by atoms with van der Waals surface area (Å²) in [7, 11) is 1.63. The Balaban J connectivity index is 1.96. The topological polar surface area (TPSA) is 39.7 Å². The van der Waals surface area contributed by atoms with Crippen molar-refractivity contribution in [3.8, 4) is 23.8 Å². The van der Waals surface area contributed by atoms with E-state index in [9.17, 15) is 0 Å². The molecular formula is C16H21NO3. The van der Waals surface area contributed by atoms with Crippen molar-refractivity contribution in [2.24, 2.45) is 0 Å². The lowest BCUT2D eigenvalue weighted by Crippen LogP contribution is -2.26. The van der Waals surface area contributed by atoms with E-state index in [-0.39, 0.29) is 6.61 Å². The Bertz CT molecular complexity index is 461. The van der Waals surface area contributed by atoms with E-state index in [1.54, 1.807) is 7.11 Å². The molecule has 0 saturated carbocycles. The van der Waals surface area contributed by atoms with Gasteiger partial charge < -0.3 is 19.5 Å². The average molecular weight is 275 g/mol. The Morgan fingerprint density at radius 1 is 1.50 bits per heavy atom. The molecule has 20 heavy (non-hydrogen) atoms. The van der Waals surface area contributed by atoms with Gasteiger partial charge in [-0.2, -0.15) is 0 Å². The van der Waals surface area contributed by atoms with Crippen LogP contribution in [0.2, 0.25) is 0 Å². The maximum Gasteiger partial charge on any atom is 0.167 e. The van der Waals surface area contributed by atoms with Crippen molar-refractivity contribution in [1.29, 1.82) is 0 Å². The molecule has 0 spiro atoms. The van der Waals surface area contributed by atoms with E-state index in [1.165, 1.54) is 0 Å². The van der Waals surface area contributed by atoms with Gasteiger partial charge in [0.15, 0.2) is 11.5 Å². The van der Waals surface area contributed by atoms with Crippen molar-refractivity contribution in [2.75, 3.05) is 26.9 Å². The van der Waals surface area contributed by atoms with Gasteiger partial charge in [0.1, 0.15) is 6.61 Å². The van der Waals surface area contributed by atoms with E-state index in [1.807, 2.05) is 18.2 Å². The molecule has 0 aromatic heterocycles. The zero-order chi connectivity index (χ0) is 14.2. The Kier molecular flexibility index (Phi) is 5.72. The lowest BCUT2D eigenvalue weighted by molar-refractivity contribution is 0.110. The second-order valence-corrected chi connectivity index (χ2v) is 4.71. The number of terminal acetylenes is 1. The highest BCUT2D eigenvalue weighted by molar-refractivity contribution is 5.46. The van der Waals surface area contributed by atoms with Gasteiger partial charge >= 0.3 is 0 Å². The third-order valence-electron chi connectivity index (χ3n) is 3.29. The molecule has 1 aromatic carbocycles. The monoisotopic (exact) mass is 275 g/mol. The van der Waals surface area contributed by atoms with Gasteiger partial charge in [-0.1, -0.05) is 18.1 Å². The Morgan fingerprint density at radius 3 is 3.10 bits per heavy atom. The molecule has 108 valence electrons. The Labute approximate surface area is 120 Å². The van der Waals surface area contributed by atoms with Gasteiger partial charge in [0.05, 0.1) is 13.2 Å². The first-order valence-corrected chi connectivity index (χ1v) is 6.89. The number of hydrogen-bond donors (Lipinski definition) is 1. The molecule has 1 fully saturated rings. The SMILES string of the molecule is C#CCOc1c(CNC[C@H]2CCCO2)cccc1OC. The van der Waals surface area contributed by atoms with Crippen LogP contribution in [0.3, 0.4) is 0 Å². The van der Waals surface area contributed by atoms with Crippen LogP contribution in [-0.4, -0.2) is 33.0 Å². The van der Waals surface area contributed by atoms with Gasteiger partial charge in [-0.3, -0.25) is 0 Å². The molecule has 4 heteroatoms. The smallest absolute Gasteiger partial charge is 0.167 e. The molecule has 1 atom stereocenters. The quantitative estimate of drug-likeness (QED) is 0.772. The fourth-order valence-electron chi connectivity index (χ4n) is 2.31. The van der Waals surface area contributed by atoms with E-state index >= 15 is 0 Å². The van der Waals surface area contributed by atoms with Crippen LogP contribution in [0.5, 0.6) is 11.5 Å². The number of methoxy groups -OCH3 is 1. The highest BCUT2D eigenvalue weighted by Gasteiger charge is 2.15. The van der Waals surface area contributed by atoms with Crippen molar-refractivity contribution in [2.45, 2.75) is 25.5 Å². The van der Waals surface area contributed by atoms with Crippen molar-refractivity contribution in [3.05, 3.63) is 23.8 Å². The van der Waals surface area contributed by atoms with Crippen LogP contribution in [0.4, 0.5) is 0 Å². The summed E-state index contributed by atoms with van der Waals surface area (Å²) in [4.78, 5) is 0. The van der Waals surface area contributed by atoms with Crippen LogP contribution >= 0.6 is 0 Å². The molecule has 0 bridgehead atoms. The summed E-state index contributed by atoms with van der Waals surface area (Å²) in [5, 5.41) is 3.40. The maximum absolute atomic E-state index is 5.60. The minimum Gasteiger partial charge on any atom is -0.493 e. The van der Waals surface area contributed by atoms with Crippen molar-refractivity contribution < 1.29 is 14.2 Å². The summed E-state index contributed by atoms with van der Waals surface area (Å²) < 4.78 is 16.5. The molecule has 0 aliphatic carbocycles. The van der Waals surface area contributed by atoms with E-state index < -0.39 is 0 Å². The first-order valence-electron chi connectivity index (χ1n) is 6.89. The number of hydrogen-bond acceptors (Lipinski definition) is 4. The summed E-state index contributed by atoms with van der Waals surface area (Å²) in [6, 6.07) is 5.83. The third kappa shape index (κ3) is 3.89. The standard InChI is InChI=1S/C16H21NO3/c1-3-9-20-16-13(6-4-8-15(16)18-2)11-17-12-14-7-5-10-19-14/h1,4,6,8,14,17H,5,7,9-12H2,2H3/t14-/m1/s1. The highest BCUT2D eigenvalue weighted by atomic mass is 16.5. The molecule has 1 aliphatic rings. The predicted octanol–water partition coefficient (Wildman–Crippen LogP) is 1.98. The van der Waals surface area contributed by atoms with Gasteiger partial charge in [0, 0.05) is 25.3 Å². The van der Waals surface area contributed by atoms with Crippen LogP contribution in [0.15, 0.2) is 18.2 Å². The molecule has 1 N–H and O–H groups in total. The summed E-state index contributed by atoms with van der Waals surface area (Å²) in [6.07, 6.45) is 7.87. The second-order valence-electron chi connectivity index (χ2n) is 4.71.